The summed E-state index contributed by atoms with van der Waals surface area (Å²) in [6.07, 6.45) is 0.272. The molecule has 0 radical (unpaired) electrons. The van der Waals surface area contributed by atoms with Gasteiger partial charge in [-0.3, -0.25) is 9.59 Å². The van der Waals surface area contributed by atoms with E-state index in [1.807, 2.05) is 54.6 Å². The zero-order valence-electron chi connectivity index (χ0n) is 15.7. The molecule has 1 aromatic heterocycles. The minimum Gasteiger partial charge on any atom is -0.347 e. The fourth-order valence-corrected chi connectivity index (χ4v) is 4.07. The molecular weight excluding hydrogens is 388 g/mol. The third-order valence-electron chi connectivity index (χ3n) is 4.53. The van der Waals surface area contributed by atoms with E-state index in [-0.39, 0.29) is 31.2 Å². The highest BCUT2D eigenvalue weighted by atomic mass is 32.2. The lowest BCUT2D eigenvalue weighted by atomic mass is 10.2. The molecule has 0 atom stereocenters. The molecule has 2 amide bonds. The van der Waals surface area contributed by atoms with E-state index in [2.05, 4.69) is 15.5 Å². The molecule has 2 heterocycles. The molecule has 0 saturated heterocycles. The summed E-state index contributed by atoms with van der Waals surface area (Å²) in [5.74, 6) is 1.39. The average Bonchev–Trinajstić information content (AvgIpc) is 3.25. The second kappa shape index (κ2) is 8.91. The number of fused-ring (bicyclic) bond motifs is 1. The van der Waals surface area contributed by atoms with Crippen LogP contribution >= 0.6 is 11.8 Å². The Morgan fingerprint density at radius 3 is 2.72 bits per heavy atom. The summed E-state index contributed by atoms with van der Waals surface area (Å²) in [7, 11) is 0. The van der Waals surface area contributed by atoms with Gasteiger partial charge in [-0.25, -0.2) is 0 Å². The van der Waals surface area contributed by atoms with Gasteiger partial charge in [-0.05, 0) is 12.1 Å². The lowest BCUT2D eigenvalue weighted by Gasteiger charge is -2.29. The first-order valence-corrected chi connectivity index (χ1v) is 10.4. The van der Waals surface area contributed by atoms with Crippen LogP contribution in [0.15, 0.2) is 64.0 Å². The molecular formula is C21H20N4O3S. The van der Waals surface area contributed by atoms with Gasteiger partial charge in [-0.15, -0.1) is 11.8 Å². The number of hydrogen-bond donors (Lipinski definition) is 1. The van der Waals surface area contributed by atoms with Crippen molar-refractivity contribution in [2.45, 2.75) is 24.3 Å². The highest BCUT2D eigenvalue weighted by molar-refractivity contribution is 7.99. The number of thioether (sulfide) groups is 1. The second-order valence-electron chi connectivity index (χ2n) is 6.52. The highest BCUT2D eigenvalue weighted by Gasteiger charge is 2.23. The highest BCUT2D eigenvalue weighted by Crippen LogP contribution is 2.34. The fourth-order valence-electron chi connectivity index (χ4n) is 3.08. The number of hydrogen-bond acceptors (Lipinski definition) is 6. The van der Waals surface area contributed by atoms with E-state index in [1.54, 1.807) is 16.7 Å². The minimum absolute atomic E-state index is 0.0444. The molecule has 3 aromatic rings. The number of amides is 2. The molecule has 2 aromatic carbocycles. The van der Waals surface area contributed by atoms with E-state index in [4.69, 9.17) is 4.52 Å². The van der Waals surface area contributed by atoms with Crippen LogP contribution in [0.2, 0.25) is 0 Å². The largest absolute Gasteiger partial charge is 0.347 e. The number of para-hydroxylation sites is 1. The second-order valence-corrected chi connectivity index (χ2v) is 7.65. The van der Waals surface area contributed by atoms with Gasteiger partial charge in [0.15, 0.2) is 0 Å². The lowest BCUT2D eigenvalue weighted by Crippen LogP contribution is -2.36. The molecule has 0 spiro atoms. The number of rotatable bonds is 6. The third kappa shape index (κ3) is 4.65. The Bertz CT molecular complexity index is 1010. The molecule has 1 aliphatic rings. The number of carbonyl (C=O) groups excluding carboxylic acids is 2. The summed E-state index contributed by atoms with van der Waals surface area (Å²) < 4.78 is 5.18. The molecule has 0 unspecified atom stereocenters. The summed E-state index contributed by atoms with van der Waals surface area (Å²) in [6, 6.07) is 17.3. The Hall–Kier alpha value is -3.13. The normalized spacial score (nSPS) is 13.0. The molecule has 4 rings (SSSR count). The number of aromatic nitrogens is 2. The minimum atomic E-state index is -0.225. The standard InChI is InChI=1S/C21H20N4O3S/c26-18(22-14-19-23-21(24-28-19)15-6-2-1-3-7-15)10-11-20(27)25-12-13-29-17-9-5-4-8-16(17)25/h1-9H,10-14H2,(H,22,26). The van der Waals surface area contributed by atoms with Gasteiger partial charge >= 0.3 is 0 Å². The molecule has 0 bridgehead atoms. The summed E-state index contributed by atoms with van der Waals surface area (Å²) in [4.78, 5) is 31.9. The van der Waals surface area contributed by atoms with Crippen LogP contribution in [0.5, 0.6) is 0 Å². The number of anilines is 1. The van der Waals surface area contributed by atoms with Crippen molar-refractivity contribution in [2.24, 2.45) is 0 Å². The lowest BCUT2D eigenvalue weighted by molar-refractivity contribution is -0.125. The van der Waals surface area contributed by atoms with Crippen molar-refractivity contribution in [2.75, 3.05) is 17.2 Å². The number of carbonyl (C=O) groups is 2. The van der Waals surface area contributed by atoms with Crippen LogP contribution < -0.4 is 10.2 Å². The molecule has 0 aliphatic carbocycles. The van der Waals surface area contributed by atoms with E-state index in [1.165, 1.54) is 0 Å². The molecule has 1 N–H and O–H groups in total. The van der Waals surface area contributed by atoms with Crippen LogP contribution in [-0.2, 0) is 16.1 Å². The van der Waals surface area contributed by atoms with Crippen LogP contribution in [0.25, 0.3) is 11.4 Å². The molecule has 0 saturated carbocycles. The van der Waals surface area contributed by atoms with Gasteiger partial charge in [0.25, 0.3) is 0 Å². The number of benzene rings is 2. The SMILES string of the molecule is O=C(CCC(=O)N1CCSc2ccccc21)NCc1nc(-c2ccccc2)no1. The zero-order chi connectivity index (χ0) is 20.1. The molecule has 1 aliphatic heterocycles. The molecule has 148 valence electrons. The van der Waals surface area contributed by atoms with E-state index >= 15 is 0 Å². The monoisotopic (exact) mass is 408 g/mol. The average molecular weight is 408 g/mol. The van der Waals surface area contributed by atoms with Gasteiger partial charge in [0.2, 0.25) is 23.5 Å². The number of nitrogens with one attached hydrogen (secondary N) is 1. The van der Waals surface area contributed by atoms with Gasteiger partial charge < -0.3 is 14.7 Å². The fraction of sp³-hybridized carbons (Fsp3) is 0.238. The smallest absolute Gasteiger partial charge is 0.246 e. The third-order valence-corrected chi connectivity index (χ3v) is 5.58. The van der Waals surface area contributed by atoms with Crippen molar-refractivity contribution < 1.29 is 14.1 Å². The topological polar surface area (TPSA) is 88.3 Å². The van der Waals surface area contributed by atoms with Crippen LogP contribution in [-0.4, -0.2) is 34.3 Å². The quantitative estimate of drug-likeness (QED) is 0.673. The van der Waals surface area contributed by atoms with Crippen LogP contribution in [0.3, 0.4) is 0 Å². The molecule has 29 heavy (non-hydrogen) atoms. The van der Waals surface area contributed by atoms with Crippen molar-refractivity contribution in [3.63, 3.8) is 0 Å². The summed E-state index contributed by atoms with van der Waals surface area (Å²) in [6.45, 7) is 0.794. The maximum atomic E-state index is 12.6. The summed E-state index contributed by atoms with van der Waals surface area (Å²) >= 11 is 1.74. The summed E-state index contributed by atoms with van der Waals surface area (Å²) in [5.41, 5.74) is 1.77. The zero-order valence-corrected chi connectivity index (χ0v) is 16.5. The summed E-state index contributed by atoms with van der Waals surface area (Å²) in [5, 5.41) is 6.65. The van der Waals surface area contributed by atoms with Gasteiger partial charge in [-0.2, -0.15) is 4.98 Å². The van der Waals surface area contributed by atoms with Crippen LogP contribution in [0, 0.1) is 0 Å². The Labute approximate surface area is 172 Å². The van der Waals surface area contributed by atoms with Crippen molar-refractivity contribution in [1.82, 2.24) is 15.5 Å². The first kappa shape index (κ1) is 19.2. The van der Waals surface area contributed by atoms with Gasteiger partial charge in [0.1, 0.15) is 0 Å². The van der Waals surface area contributed by atoms with Crippen molar-refractivity contribution >= 4 is 29.3 Å². The van der Waals surface area contributed by atoms with Crippen LogP contribution in [0.1, 0.15) is 18.7 Å². The van der Waals surface area contributed by atoms with E-state index in [0.717, 1.165) is 21.9 Å². The Balaban J connectivity index is 1.27. The van der Waals surface area contributed by atoms with Crippen molar-refractivity contribution in [1.29, 1.82) is 0 Å². The predicted molar refractivity (Wildman–Crippen MR) is 110 cm³/mol. The maximum absolute atomic E-state index is 12.6. The first-order valence-electron chi connectivity index (χ1n) is 9.37. The Morgan fingerprint density at radius 1 is 1.07 bits per heavy atom. The van der Waals surface area contributed by atoms with E-state index in [0.29, 0.717) is 18.3 Å². The van der Waals surface area contributed by atoms with Crippen molar-refractivity contribution in [3.8, 4) is 11.4 Å². The van der Waals surface area contributed by atoms with Crippen molar-refractivity contribution in [3.05, 3.63) is 60.5 Å². The predicted octanol–water partition coefficient (Wildman–Crippen LogP) is 3.27. The van der Waals surface area contributed by atoms with Gasteiger partial charge in [-0.1, -0.05) is 47.6 Å². The van der Waals surface area contributed by atoms with Gasteiger partial charge in [0, 0.05) is 35.6 Å². The Kier molecular flexibility index (Phi) is 5.90. The van der Waals surface area contributed by atoms with Gasteiger partial charge in [0.05, 0.1) is 12.2 Å². The number of nitrogens with zero attached hydrogens (tertiary/aromatic N) is 3. The van der Waals surface area contributed by atoms with E-state index in [9.17, 15) is 9.59 Å². The first-order chi connectivity index (χ1) is 14.2. The Morgan fingerprint density at radius 2 is 1.86 bits per heavy atom. The van der Waals surface area contributed by atoms with E-state index < -0.39 is 0 Å². The van der Waals surface area contributed by atoms with Crippen LogP contribution in [0.4, 0.5) is 5.69 Å². The maximum Gasteiger partial charge on any atom is 0.246 e. The molecule has 0 fully saturated rings. The molecule has 8 heteroatoms. The molecule has 7 nitrogen and oxygen atoms in total.